The number of hydrogen-bond donors (Lipinski definition) is 1. The topological polar surface area (TPSA) is 83.7 Å². The van der Waals surface area contributed by atoms with Crippen molar-refractivity contribution in [3.8, 4) is 0 Å². The third-order valence-corrected chi connectivity index (χ3v) is 3.07. The van der Waals surface area contributed by atoms with Crippen molar-refractivity contribution in [3.63, 3.8) is 0 Å². The number of benzene rings is 1. The number of hydrogen-bond acceptors (Lipinski definition) is 4. The summed E-state index contributed by atoms with van der Waals surface area (Å²) in [6, 6.07) is 1.29. The molecule has 1 aliphatic rings. The summed E-state index contributed by atoms with van der Waals surface area (Å²) in [6.07, 6.45) is 0.282. The predicted molar refractivity (Wildman–Crippen MR) is 61.0 cm³/mol. The van der Waals surface area contributed by atoms with Gasteiger partial charge in [-0.05, 0) is 6.42 Å². The lowest BCUT2D eigenvalue weighted by molar-refractivity contribution is -0.386. The van der Waals surface area contributed by atoms with Gasteiger partial charge in [-0.15, -0.1) is 0 Å². The number of carboxylic acids is 1. The standard InChI is InChI=1S/C11H10F2N2O4/c12-7-3-8(13)10(15(18)19)9(4-7)14-2-1-6(5-14)11(16)17/h3-4,6H,1-2,5H2,(H,16,17). The Balaban J connectivity index is 2.40. The number of nitrogens with zero attached hydrogens (tertiary/aromatic N) is 2. The summed E-state index contributed by atoms with van der Waals surface area (Å²) in [7, 11) is 0. The van der Waals surface area contributed by atoms with Gasteiger partial charge < -0.3 is 10.0 Å². The molecule has 1 aromatic carbocycles. The van der Waals surface area contributed by atoms with Crippen molar-refractivity contribution in [1.82, 2.24) is 0 Å². The van der Waals surface area contributed by atoms with Crippen molar-refractivity contribution >= 4 is 17.3 Å². The zero-order chi connectivity index (χ0) is 14.2. The Bertz CT molecular complexity index is 550. The lowest BCUT2D eigenvalue weighted by Crippen LogP contribution is -2.23. The van der Waals surface area contributed by atoms with E-state index in [1.165, 1.54) is 4.90 Å². The van der Waals surface area contributed by atoms with Crippen LogP contribution in [0.25, 0.3) is 0 Å². The maximum Gasteiger partial charge on any atom is 0.328 e. The Hall–Kier alpha value is -2.25. The first-order valence-electron chi connectivity index (χ1n) is 5.51. The molecule has 1 fully saturated rings. The number of nitro benzene ring substituents is 1. The van der Waals surface area contributed by atoms with Gasteiger partial charge in [-0.3, -0.25) is 14.9 Å². The Morgan fingerprint density at radius 3 is 2.68 bits per heavy atom. The number of carboxylic acid groups (broad SMARTS) is 1. The molecule has 1 N–H and O–H groups in total. The first kappa shape index (κ1) is 13.2. The van der Waals surface area contributed by atoms with Gasteiger partial charge in [0.1, 0.15) is 11.5 Å². The van der Waals surface area contributed by atoms with Crippen LogP contribution in [0, 0.1) is 27.7 Å². The van der Waals surface area contributed by atoms with Gasteiger partial charge in [0, 0.05) is 25.2 Å². The highest BCUT2D eigenvalue weighted by Crippen LogP contribution is 2.35. The average Bonchev–Trinajstić information content (AvgIpc) is 2.76. The smallest absolute Gasteiger partial charge is 0.328 e. The van der Waals surface area contributed by atoms with E-state index in [0.717, 1.165) is 6.07 Å². The molecular formula is C11H10F2N2O4. The van der Waals surface area contributed by atoms with Crippen LogP contribution in [0.15, 0.2) is 12.1 Å². The molecule has 19 heavy (non-hydrogen) atoms. The van der Waals surface area contributed by atoms with Gasteiger partial charge in [-0.1, -0.05) is 0 Å². The van der Waals surface area contributed by atoms with Gasteiger partial charge in [0.15, 0.2) is 0 Å². The minimum absolute atomic E-state index is 0.000926. The van der Waals surface area contributed by atoms with Crippen LogP contribution in [0.2, 0.25) is 0 Å². The minimum Gasteiger partial charge on any atom is -0.481 e. The highest BCUT2D eigenvalue weighted by atomic mass is 19.1. The lowest BCUT2D eigenvalue weighted by atomic mass is 10.1. The van der Waals surface area contributed by atoms with Gasteiger partial charge in [0.05, 0.1) is 10.8 Å². The van der Waals surface area contributed by atoms with Crippen molar-refractivity contribution in [2.24, 2.45) is 5.92 Å². The summed E-state index contributed by atoms with van der Waals surface area (Å²) in [5, 5.41) is 19.7. The van der Waals surface area contributed by atoms with E-state index in [9.17, 15) is 23.7 Å². The molecular weight excluding hydrogens is 262 g/mol. The molecule has 0 amide bonds. The van der Waals surface area contributed by atoms with Gasteiger partial charge in [0.2, 0.25) is 5.82 Å². The summed E-state index contributed by atoms with van der Waals surface area (Å²) in [5.41, 5.74) is -1.04. The fourth-order valence-electron chi connectivity index (χ4n) is 2.15. The molecule has 0 saturated carbocycles. The lowest BCUT2D eigenvalue weighted by Gasteiger charge is -2.18. The molecule has 1 unspecified atom stereocenters. The minimum atomic E-state index is -1.27. The van der Waals surface area contributed by atoms with Crippen LogP contribution in [0.4, 0.5) is 20.2 Å². The van der Waals surface area contributed by atoms with Crippen LogP contribution in [0.1, 0.15) is 6.42 Å². The van der Waals surface area contributed by atoms with Crippen molar-refractivity contribution in [2.45, 2.75) is 6.42 Å². The van der Waals surface area contributed by atoms with Crippen molar-refractivity contribution < 1.29 is 23.6 Å². The number of halogens is 2. The van der Waals surface area contributed by atoms with Crippen LogP contribution >= 0.6 is 0 Å². The van der Waals surface area contributed by atoms with Crippen LogP contribution in [-0.2, 0) is 4.79 Å². The molecule has 8 heteroatoms. The first-order valence-corrected chi connectivity index (χ1v) is 5.51. The maximum atomic E-state index is 13.4. The molecule has 6 nitrogen and oxygen atoms in total. The third-order valence-electron chi connectivity index (χ3n) is 3.07. The SMILES string of the molecule is O=C(O)C1CCN(c2cc(F)cc(F)c2[N+](=O)[O-])C1. The second-order valence-corrected chi connectivity index (χ2v) is 4.28. The van der Waals surface area contributed by atoms with E-state index < -0.39 is 34.1 Å². The fraction of sp³-hybridized carbons (Fsp3) is 0.364. The molecule has 0 aromatic heterocycles. The number of anilines is 1. The van der Waals surface area contributed by atoms with E-state index in [0.29, 0.717) is 6.07 Å². The van der Waals surface area contributed by atoms with Gasteiger partial charge in [0.25, 0.3) is 0 Å². The molecule has 0 spiro atoms. The summed E-state index contributed by atoms with van der Waals surface area (Å²) in [6.45, 7) is 0.208. The molecule has 1 aliphatic heterocycles. The van der Waals surface area contributed by atoms with E-state index in [1.54, 1.807) is 0 Å². The van der Waals surface area contributed by atoms with E-state index in [1.807, 2.05) is 0 Å². The monoisotopic (exact) mass is 272 g/mol. The van der Waals surface area contributed by atoms with Crippen molar-refractivity contribution in [3.05, 3.63) is 33.9 Å². The Labute approximate surface area is 106 Å². The zero-order valence-corrected chi connectivity index (χ0v) is 9.68. The molecule has 0 radical (unpaired) electrons. The molecule has 2 rings (SSSR count). The summed E-state index contributed by atoms with van der Waals surface area (Å²) in [5.74, 6) is -3.91. The normalized spacial score (nSPS) is 18.6. The summed E-state index contributed by atoms with van der Waals surface area (Å²) < 4.78 is 26.6. The molecule has 1 heterocycles. The van der Waals surface area contributed by atoms with Crippen molar-refractivity contribution in [2.75, 3.05) is 18.0 Å². The molecule has 102 valence electrons. The second-order valence-electron chi connectivity index (χ2n) is 4.28. The van der Waals surface area contributed by atoms with E-state index in [-0.39, 0.29) is 25.2 Å². The largest absolute Gasteiger partial charge is 0.481 e. The Morgan fingerprint density at radius 1 is 1.47 bits per heavy atom. The number of rotatable bonds is 3. The molecule has 0 bridgehead atoms. The maximum absolute atomic E-state index is 13.4. The zero-order valence-electron chi connectivity index (χ0n) is 9.68. The highest BCUT2D eigenvalue weighted by Gasteiger charge is 2.33. The predicted octanol–water partition coefficient (Wildman–Crippen LogP) is 1.78. The van der Waals surface area contributed by atoms with Crippen LogP contribution in [-0.4, -0.2) is 29.1 Å². The summed E-state index contributed by atoms with van der Waals surface area (Å²) in [4.78, 5) is 22.0. The summed E-state index contributed by atoms with van der Waals surface area (Å²) >= 11 is 0. The molecule has 1 aromatic rings. The van der Waals surface area contributed by atoms with Crippen LogP contribution in [0.3, 0.4) is 0 Å². The fourth-order valence-corrected chi connectivity index (χ4v) is 2.15. The second kappa shape index (κ2) is 4.79. The van der Waals surface area contributed by atoms with E-state index in [2.05, 4.69) is 0 Å². The third kappa shape index (κ3) is 2.47. The van der Waals surface area contributed by atoms with Gasteiger partial charge in [-0.25, -0.2) is 4.39 Å². The number of aliphatic carboxylic acids is 1. The van der Waals surface area contributed by atoms with E-state index >= 15 is 0 Å². The first-order chi connectivity index (χ1) is 8.90. The van der Waals surface area contributed by atoms with E-state index in [4.69, 9.17) is 5.11 Å². The molecule has 0 aliphatic carbocycles. The van der Waals surface area contributed by atoms with Crippen molar-refractivity contribution in [1.29, 1.82) is 0 Å². The average molecular weight is 272 g/mol. The highest BCUT2D eigenvalue weighted by molar-refractivity contribution is 5.73. The van der Waals surface area contributed by atoms with Crippen LogP contribution in [0.5, 0.6) is 0 Å². The quantitative estimate of drug-likeness (QED) is 0.669. The number of nitro groups is 1. The van der Waals surface area contributed by atoms with Gasteiger partial charge in [-0.2, -0.15) is 4.39 Å². The van der Waals surface area contributed by atoms with Gasteiger partial charge >= 0.3 is 11.7 Å². The molecule has 1 saturated heterocycles. The molecule has 1 atom stereocenters. The number of carbonyl (C=O) groups is 1. The Kier molecular flexibility index (Phi) is 3.32. The van der Waals surface area contributed by atoms with Crippen LogP contribution < -0.4 is 4.90 Å². The Morgan fingerprint density at radius 2 is 2.16 bits per heavy atom.